The Bertz CT molecular complexity index is 1690. The number of hydrogen-bond acceptors (Lipinski definition) is 7. The molecule has 0 fully saturated rings. The summed E-state index contributed by atoms with van der Waals surface area (Å²) in [5.74, 6) is -1.48. The normalized spacial score (nSPS) is 11.5. The lowest BCUT2D eigenvalue weighted by molar-refractivity contribution is -0.384. The Balaban J connectivity index is 1.53. The van der Waals surface area contributed by atoms with Crippen LogP contribution in [0.4, 0.5) is 11.4 Å². The number of ether oxygens (including phenoxy) is 1. The number of nitrogens with zero attached hydrogens (tertiary/aromatic N) is 3. The highest BCUT2D eigenvalue weighted by Gasteiger charge is 2.29. The van der Waals surface area contributed by atoms with Crippen molar-refractivity contribution < 1.29 is 19.2 Å². The van der Waals surface area contributed by atoms with E-state index in [0.29, 0.717) is 33.3 Å². The predicted molar refractivity (Wildman–Crippen MR) is 146 cm³/mol. The van der Waals surface area contributed by atoms with E-state index in [2.05, 4.69) is 15.3 Å². The van der Waals surface area contributed by atoms with Gasteiger partial charge in [-0.2, -0.15) is 0 Å². The van der Waals surface area contributed by atoms with Gasteiger partial charge in [0.25, 0.3) is 11.6 Å². The zero-order chi connectivity index (χ0) is 27.4. The van der Waals surface area contributed by atoms with E-state index >= 15 is 0 Å². The molecule has 1 N–H and O–H groups in total. The maximum Gasteiger partial charge on any atom is 0.340 e. The Hall–Kier alpha value is -5.44. The third-order valence-electron chi connectivity index (χ3n) is 6.07. The minimum absolute atomic E-state index is 0.000745. The first-order chi connectivity index (χ1) is 18.9. The molecule has 0 spiro atoms. The van der Waals surface area contributed by atoms with Crippen molar-refractivity contribution in [2.24, 2.45) is 0 Å². The average molecular weight is 519 g/mol. The molecule has 3 aromatic carbocycles. The van der Waals surface area contributed by atoms with Gasteiger partial charge in [0.05, 0.1) is 21.7 Å². The van der Waals surface area contributed by atoms with E-state index in [0.717, 1.165) is 0 Å². The number of hydrogen-bond donors (Lipinski definition) is 1. The van der Waals surface area contributed by atoms with Crippen LogP contribution in [-0.4, -0.2) is 26.8 Å². The smallest absolute Gasteiger partial charge is 0.340 e. The lowest BCUT2D eigenvalue weighted by Crippen LogP contribution is -2.26. The third kappa shape index (κ3) is 5.47. The molecule has 1 amide bonds. The lowest BCUT2D eigenvalue weighted by Gasteiger charge is -2.19. The van der Waals surface area contributed by atoms with Crippen molar-refractivity contribution in [1.29, 1.82) is 0 Å². The van der Waals surface area contributed by atoms with Crippen LogP contribution in [0.5, 0.6) is 0 Å². The van der Waals surface area contributed by atoms with Crippen LogP contribution in [-0.2, 0) is 9.53 Å². The molecule has 2 aromatic heterocycles. The number of amides is 1. The number of benzene rings is 3. The van der Waals surface area contributed by atoms with E-state index in [1.165, 1.54) is 12.1 Å². The number of esters is 1. The largest absolute Gasteiger partial charge is 0.444 e. The van der Waals surface area contributed by atoms with Gasteiger partial charge in [0.1, 0.15) is 5.69 Å². The molecule has 0 radical (unpaired) electrons. The van der Waals surface area contributed by atoms with Crippen molar-refractivity contribution in [2.45, 2.75) is 13.0 Å². The van der Waals surface area contributed by atoms with Crippen LogP contribution in [0, 0.1) is 17.0 Å². The number of nitro groups is 1. The Morgan fingerprint density at radius 2 is 1.72 bits per heavy atom. The molecule has 9 nitrogen and oxygen atoms in total. The van der Waals surface area contributed by atoms with E-state index in [1.54, 1.807) is 86.0 Å². The topological polar surface area (TPSA) is 124 Å². The van der Waals surface area contributed by atoms with Crippen molar-refractivity contribution in [3.8, 4) is 11.3 Å². The fourth-order valence-electron chi connectivity index (χ4n) is 4.17. The number of aryl methyl sites for hydroxylation is 1. The molecule has 0 saturated carbocycles. The monoisotopic (exact) mass is 518 g/mol. The molecule has 0 saturated heterocycles. The number of rotatable bonds is 7. The SMILES string of the molecule is Cc1ccc(NC(=O)C(OC(=O)c2cc(-c3cccnc3)nc3ccccc23)c2ccccc2)c([N+](=O)[O-])c1. The Kier molecular flexibility index (Phi) is 7.05. The van der Waals surface area contributed by atoms with Crippen molar-refractivity contribution in [2.75, 3.05) is 5.32 Å². The second-order valence-electron chi connectivity index (χ2n) is 8.78. The number of fused-ring (bicyclic) bond motifs is 1. The molecule has 0 aliphatic carbocycles. The summed E-state index contributed by atoms with van der Waals surface area (Å²) in [5, 5.41) is 14.7. The Labute approximate surface area is 223 Å². The Morgan fingerprint density at radius 3 is 2.46 bits per heavy atom. The summed E-state index contributed by atoms with van der Waals surface area (Å²) in [6.45, 7) is 1.71. The van der Waals surface area contributed by atoms with Gasteiger partial charge in [-0.3, -0.25) is 19.9 Å². The highest BCUT2D eigenvalue weighted by Crippen LogP contribution is 2.30. The number of anilines is 1. The summed E-state index contributed by atoms with van der Waals surface area (Å²) in [6.07, 6.45) is 1.90. The van der Waals surface area contributed by atoms with Crippen molar-refractivity contribution in [3.63, 3.8) is 0 Å². The van der Waals surface area contributed by atoms with Crippen molar-refractivity contribution >= 4 is 34.2 Å². The van der Waals surface area contributed by atoms with Gasteiger partial charge in [-0.1, -0.05) is 54.6 Å². The Morgan fingerprint density at radius 1 is 0.949 bits per heavy atom. The number of carbonyl (C=O) groups excluding carboxylic acids is 2. The zero-order valence-corrected chi connectivity index (χ0v) is 20.8. The first-order valence-electron chi connectivity index (χ1n) is 12.0. The van der Waals surface area contributed by atoms with Crippen molar-refractivity contribution in [3.05, 3.63) is 130 Å². The van der Waals surface area contributed by atoms with Crippen LogP contribution >= 0.6 is 0 Å². The molecule has 0 bridgehead atoms. The van der Waals surface area contributed by atoms with Crippen molar-refractivity contribution in [1.82, 2.24) is 9.97 Å². The summed E-state index contributed by atoms with van der Waals surface area (Å²) < 4.78 is 5.82. The van der Waals surface area contributed by atoms with Gasteiger partial charge in [0.15, 0.2) is 0 Å². The number of nitro benzene ring substituents is 1. The van der Waals surface area contributed by atoms with E-state index < -0.39 is 22.9 Å². The molecular weight excluding hydrogens is 496 g/mol. The molecule has 9 heteroatoms. The van der Waals surface area contributed by atoms with Crippen LogP contribution < -0.4 is 5.32 Å². The van der Waals surface area contributed by atoms with Gasteiger partial charge >= 0.3 is 5.97 Å². The fraction of sp³-hybridized carbons (Fsp3) is 0.0667. The van der Waals surface area contributed by atoms with Gasteiger partial charge in [0, 0.05) is 35.0 Å². The third-order valence-corrected chi connectivity index (χ3v) is 6.07. The summed E-state index contributed by atoms with van der Waals surface area (Å²) in [5.41, 5.74) is 2.83. The maximum atomic E-state index is 13.6. The number of pyridine rings is 2. The highest BCUT2D eigenvalue weighted by atomic mass is 16.6. The van der Waals surface area contributed by atoms with Crippen LogP contribution in [0.25, 0.3) is 22.2 Å². The van der Waals surface area contributed by atoms with E-state index in [1.807, 2.05) is 12.1 Å². The lowest BCUT2D eigenvalue weighted by atomic mass is 10.0. The summed E-state index contributed by atoms with van der Waals surface area (Å²) in [4.78, 5) is 46.9. The molecule has 0 aliphatic heterocycles. The van der Waals surface area contributed by atoms with Crippen LogP contribution in [0.1, 0.15) is 27.6 Å². The number of para-hydroxylation sites is 1. The summed E-state index contributed by atoms with van der Waals surface area (Å²) in [6, 6.07) is 25.3. The number of carbonyl (C=O) groups is 2. The summed E-state index contributed by atoms with van der Waals surface area (Å²) >= 11 is 0. The molecule has 5 aromatic rings. The van der Waals surface area contributed by atoms with Gasteiger partial charge in [-0.25, -0.2) is 9.78 Å². The molecule has 0 aliphatic rings. The fourth-order valence-corrected chi connectivity index (χ4v) is 4.17. The van der Waals surface area contributed by atoms with E-state index in [9.17, 15) is 19.7 Å². The molecule has 1 unspecified atom stereocenters. The van der Waals surface area contributed by atoms with Gasteiger partial charge in [-0.05, 0) is 42.8 Å². The van der Waals surface area contributed by atoms with Crippen LogP contribution in [0.15, 0.2) is 103 Å². The van der Waals surface area contributed by atoms with Gasteiger partial charge < -0.3 is 10.1 Å². The molecule has 5 rings (SSSR count). The molecular formula is C30H22N4O5. The number of aromatic nitrogens is 2. The number of nitrogens with one attached hydrogen (secondary N) is 1. The molecule has 39 heavy (non-hydrogen) atoms. The minimum Gasteiger partial charge on any atom is -0.444 e. The standard InChI is InChI=1S/C30H22N4O5/c1-19-13-14-25(27(16-19)34(37)38)33-29(35)28(20-8-3-2-4-9-20)39-30(36)23-17-26(21-10-7-15-31-18-21)32-24-12-6-5-11-22(23)24/h2-18,28H,1H3,(H,33,35). The second kappa shape index (κ2) is 10.9. The quantitative estimate of drug-likeness (QED) is 0.158. The van der Waals surface area contributed by atoms with Crippen LogP contribution in [0.3, 0.4) is 0 Å². The van der Waals surface area contributed by atoms with Gasteiger partial charge in [-0.15, -0.1) is 0 Å². The first kappa shape index (κ1) is 25.2. The molecule has 1 atom stereocenters. The van der Waals surface area contributed by atoms with E-state index in [4.69, 9.17) is 4.74 Å². The van der Waals surface area contributed by atoms with Gasteiger partial charge in [0.2, 0.25) is 6.10 Å². The average Bonchev–Trinajstić information content (AvgIpc) is 2.96. The minimum atomic E-state index is -1.38. The second-order valence-corrected chi connectivity index (χ2v) is 8.78. The summed E-state index contributed by atoms with van der Waals surface area (Å²) in [7, 11) is 0. The van der Waals surface area contributed by atoms with Crippen LogP contribution in [0.2, 0.25) is 0 Å². The highest BCUT2D eigenvalue weighted by molar-refractivity contribution is 6.06. The molecule has 2 heterocycles. The molecule has 192 valence electrons. The first-order valence-corrected chi connectivity index (χ1v) is 12.0. The predicted octanol–water partition coefficient (Wildman–Crippen LogP) is 6.05. The maximum absolute atomic E-state index is 13.6. The van der Waals surface area contributed by atoms with E-state index in [-0.39, 0.29) is 16.9 Å². The zero-order valence-electron chi connectivity index (χ0n) is 20.8.